The maximum atomic E-state index is 5.74. The Labute approximate surface area is 143 Å². The summed E-state index contributed by atoms with van der Waals surface area (Å²) in [5.41, 5.74) is 6.74. The number of hydrogen-bond donors (Lipinski definition) is 2. The van der Waals surface area contributed by atoms with Gasteiger partial charge in [0.05, 0.1) is 13.7 Å². The Morgan fingerprint density at radius 3 is 2.71 bits per heavy atom. The number of halogens is 1. The summed E-state index contributed by atoms with van der Waals surface area (Å²) in [5.74, 6) is 1.91. The molecule has 0 spiro atoms. The van der Waals surface area contributed by atoms with E-state index < -0.39 is 0 Å². The zero-order chi connectivity index (χ0) is 15.0. The molecule has 0 bridgehead atoms. The number of aliphatic imine (C=N–C) groups is 1. The lowest BCUT2D eigenvalue weighted by Gasteiger charge is -2.14. The summed E-state index contributed by atoms with van der Waals surface area (Å²) in [5, 5.41) is 2.97. The van der Waals surface area contributed by atoms with E-state index in [1.165, 1.54) is 0 Å². The first kappa shape index (κ1) is 19.6. The van der Waals surface area contributed by atoms with Gasteiger partial charge in [-0.3, -0.25) is 0 Å². The number of methoxy groups -OCH3 is 1. The van der Waals surface area contributed by atoms with Crippen LogP contribution in [0.25, 0.3) is 0 Å². The first-order chi connectivity index (χ1) is 9.51. The van der Waals surface area contributed by atoms with Crippen LogP contribution in [0, 0.1) is 0 Å². The molecule has 0 saturated carbocycles. The second-order valence-electron chi connectivity index (χ2n) is 4.64. The third-order valence-corrected chi connectivity index (χ3v) is 2.47. The Morgan fingerprint density at radius 2 is 2.10 bits per heavy atom. The lowest BCUT2D eigenvalue weighted by atomic mass is 10.3. The Kier molecular flexibility index (Phi) is 9.60. The standard InChI is InChI=1S/C15H23N3O2.HI/c1-11(2)9-17-15(16)18-10-12(3)20-14-7-5-6-13(8-14)19-4;/h5-8,12H,1,9-10H2,2-4H3,(H3,16,17,18);1H. The minimum atomic E-state index is -0.0766. The van der Waals surface area contributed by atoms with Crippen molar-refractivity contribution in [3.63, 3.8) is 0 Å². The molecule has 0 aliphatic heterocycles. The number of nitrogens with one attached hydrogen (secondary N) is 1. The smallest absolute Gasteiger partial charge is 0.188 e. The van der Waals surface area contributed by atoms with Gasteiger partial charge in [0, 0.05) is 12.6 Å². The number of nitrogens with two attached hydrogens (primary N) is 1. The lowest BCUT2D eigenvalue weighted by Crippen LogP contribution is -2.33. The highest BCUT2D eigenvalue weighted by atomic mass is 127. The molecule has 3 N–H and O–H groups in total. The molecule has 1 unspecified atom stereocenters. The normalized spacial score (nSPS) is 12.0. The van der Waals surface area contributed by atoms with Crippen LogP contribution in [0.4, 0.5) is 0 Å². The van der Waals surface area contributed by atoms with E-state index in [0.717, 1.165) is 17.1 Å². The quantitative estimate of drug-likeness (QED) is 0.317. The lowest BCUT2D eigenvalue weighted by molar-refractivity contribution is 0.229. The van der Waals surface area contributed by atoms with E-state index in [9.17, 15) is 0 Å². The van der Waals surface area contributed by atoms with Gasteiger partial charge in [0.15, 0.2) is 5.96 Å². The summed E-state index contributed by atoms with van der Waals surface area (Å²) >= 11 is 0. The van der Waals surface area contributed by atoms with Crippen LogP contribution in [-0.2, 0) is 0 Å². The zero-order valence-electron chi connectivity index (χ0n) is 12.8. The molecular formula is C15H24IN3O2. The van der Waals surface area contributed by atoms with E-state index in [-0.39, 0.29) is 30.1 Å². The van der Waals surface area contributed by atoms with Crippen LogP contribution in [0.1, 0.15) is 13.8 Å². The molecular weight excluding hydrogens is 381 g/mol. The first-order valence-corrected chi connectivity index (χ1v) is 6.50. The van der Waals surface area contributed by atoms with Gasteiger partial charge in [-0.2, -0.15) is 0 Å². The molecule has 0 aliphatic rings. The molecule has 1 aromatic carbocycles. The summed E-state index contributed by atoms with van der Waals surface area (Å²) in [7, 11) is 1.63. The molecule has 1 atom stereocenters. The van der Waals surface area contributed by atoms with Crippen molar-refractivity contribution in [3.8, 4) is 11.5 Å². The Hall–Kier alpha value is -1.44. The molecule has 0 radical (unpaired) electrons. The molecule has 0 amide bonds. The average molecular weight is 405 g/mol. The van der Waals surface area contributed by atoms with Gasteiger partial charge in [-0.25, -0.2) is 4.99 Å². The molecule has 0 aromatic heterocycles. The van der Waals surface area contributed by atoms with Crippen molar-refractivity contribution in [1.82, 2.24) is 5.32 Å². The minimum Gasteiger partial charge on any atom is -0.497 e. The fraction of sp³-hybridized carbons (Fsp3) is 0.400. The summed E-state index contributed by atoms with van der Waals surface area (Å²) in [6.07, 6.45) is -0.0766. The van der Waals surface area contributed by atoms with Gasteiger partial charge in [-0.05, 0) is 26.0 Å². The molecule has 1 aromatic rings. The fourth-order valence-corrected chi connectivity index (χ4v) is 1.47. The van der Waals surface area contributed by atoms with Gasteiger partial charge in [-0.1, -0.05) is 18.2 Å². The van der Waals surface area contributed by atoms with E-state index in [0.29, 0.717) is 19.0 Å². The number of nitrogens with zero attached hydrogens (tertiary/aromatic N) is 1. The minimum absolute atomic E-state index is 0. The van der Waals surface area contributed by atoms with Crippen molar-refractivity contribution in [3.05, 3.63) is 36.4 Å². The van der Waals surface area contributed by atoms with Crippen molar-refractivity contribution >= 4 is 29.9 Å². The molecule has 1 rings (SSSR count). The maximum absolute atomic E-state index is 5.74. The number of rotatable bonds is 7. The van der Waals surface area contributed by atoms with E-state index in [4.69, 9.17) is 15.2 Å². The summed E-state index contributed by atoms with van der Waals surface area (Å²) < 4.78 is 10.9. The van der Waals surface area contributed by atoms with Crippen molar-refractivity contribution in [1.29, 1.82) is 0 Å². The Bertz CT molecular complexity index is 478. The van der Waals surface area contributed by atoms with Crippen LogP contribution in [0.3, 0.4) is 0 Å². The molecule has 0 heterocycles. The second-order valence-corrected chi connectivity index (χ2v) is 4.64. The van der Waals surface area contributed by atoms with Crippen molar-refractivity contribution < 1.29 is 9.47 Å². The highest BCUT2D eigenvalue weighted by molar-refractivity contribution is 14.0. The zero-order valence-corrected chi connectivity index (χ0v) is 15.1. The molecule has 118 valence electrons. The van der Waals surface area contributed by atoms with Crippen LogP contribution in [0.5, 0.6) is 11.5 Å². The van der Waals surface area contributed by atoms with E-state index in [1.54, 1.807) is 7.11 Å². The molecule has 0 fully saturated rings. The number of benzene rings is 1. The number of hydrogen-bond acceptors (Lipinski definition) is 3. The van der Waals surface area contributed by atoms with Gasteiger partial charge in [-0.15, -0.1) is 24.0 Å². The summed E-state index contributed by atoms with van der Waals surface area (Å²) in [6, 6.07) is 7.47. The van der Waals surface area contributed by atoms with Crippen LogP contribution in [0.2, 0.25) is 0 Å². The van der Waals surface area contributed by atoms with Gasteiger partial charge in [0.25, 0.3) is 0 Å². The summed E-state index contributed by atoms with van der Waals surface area (Å²) in [6.45, 7) is 8.75. The van der Waals surface area contributed by atoms with Crippen molar-refractivity contribution in [2.24, 2.45) is 10.7 Å². The van der Waals surface area contributed by atoms with Crippen molar-refractivity contribution in [2.75, 3.05) is 20.2 Å². The Morgan fingerprint density at radius 1 is 1.43 bits per heavy atom. The molecule has 0 saturated heterocycles. The number of guanidine groups is 1. The van der Waals surface area contributed by atoms with E-state index in [1.807, 2.05) is 38.1 Å². The molecule has 0 aliphatic carbocycles. The second kappa shape index (κ2) is 10.3. The van der Waals surface area contributed by atoms with Crippen LogP contribution >= 0.6 is 24.0 Å². The third-order valence-electron chi connectivity index (χ3n) is 2.47. The molecule has 21 heavy (non-hydrogen) atoms. The average Bonchev–Trinajstić information content (AvgIpc) is 2.43. The first-order valence-electron chi connectivity index (χ1n) is 6.50. The maximum Gasteiger partial charge on any atom is 0.188 e. The predicted octanol–water partition coefficient (Wildman–Crippen LogP) is 2.56. The van der Waals surface area contributed by atoms with E-state index >= 15 is 0 Å². The van der Waals surface area contributed by atoms with Crippen LogP contribution in [0.15, 0.2) is 41.4 Å². The molecule has 6 heteroatoms. The van der Waals surface area contributed by atoms with Gasteiger partial charge in [0.1, 0.15) is 17.6 Å². The fourth-order valence-electron chi connectivity index (χ4n) is 1.47. The van der Waals surface area contributed by atoms with Gasteiger partial charge < -0.3 is 20.5 Å². The highest BCUT2D eigenvalue weighted by Crippen LogP contribution is 2.19. The monoisotopic (exact) mass is 405 g/mol. The SMILES string of the molecule is C=C(C)CNC(N)=NCC(C)Oc1cccc(OC)c1.I. The third kappa shape index (κ3) is 8.44. The van der Waals surface area contributed by atoms with Crippen molar-refractivity contribution in [2.45, 2.75) is 20.0 Å². The van der Waals surface area contributed by atoms with E-state index in [2.05, 4.69) is 16.9 Å². The van der Waals surface area contributed by atoms with Gasteiger partial charge >= 0.3 is 0 Å². The largest absolute Gasteiger partial charge is 0.497 e. The number of ether oxygens (including phenoxy) is 2. The highest BCUT2D eigenvalue weighted by Gasteiger charge is 2.04. The topological polar surface area (TPSA) is 68.9 Å². The Balaban J connectivity index is 0.00000400. The predicted molar refractivity (Wildman–Crippen MR) is 97.8 cm³/mol. The summed E-state index contributed by atoms with van der Waals surface area (Å²) in [4.78, 5) is 4.22. The molecule has 5 nitrogen and oxygen atoms in total. The van der Waals surface area contributed by atoms with Crippen LogP contribution in [-0.4, -0.2) is 32.3 Å². The van der Waals surface area contributed by atoms with Gasteiger partial charge in [0.2, 0.25) is 0 Å². The van der Waals surface area contributed by atoms with Crippen LogP contribution < -0.4 is 20.5 Å².